The lowest BCUT2D eigenvalue weighted by Crippen LogP contribution is -2.30. The quantitative estimate of drug-likeness (QED) is 0.495. The van der Waals surface area contributed by atoms with Gasteiger partial charge in [-0.3, -0.25) is 4.79 Å². The first kappa shape index (κ1) is 18.3. The lowest BCUT2D eigenvalue weighted by Gasteiger charge is -2.14. The highest BCUT2D eigenvalue weighted by Crippen LogP contribution is 2.30. The third-order valence-corrected chi connectivity index (χ3v) is 5.24. The highest BCUT2D eigenvalue weighted by molar-refractivity contribution is 6.09. The van der Waals surface area contributed by atoms with Crippen LogP contribution < -0.4 is 10.6 Å². The summed E-state index contributed by atoms with van der Waals surface area (Å²) in [5.41, 5.74) is 4.41. The summed E-state index contributed by atoms with van der Waals surface area (Å²) in [6.45, 7) is 5.40. The lowest BCUT2D eigenvalue weighted by molar-refractivity contribution is -0.115. The molecule has 1 atom stereocenters. The van der Waals surface area contributed by atoms with Crippen LogP contribution in [0, 0.1) is 0 Å². The van der Waals surface area contributed by atoms with E-state index in [2.05, 4.69) is 77.6 Å². The van der Waals surface area contributed by atoms with Gasteiger partial charge < -0.3 is 15.2 Å². The summed E-state index contributed by atoms with van der Waals surface area (Å²) in [7, 11) is 0. The van der Waals surface area contributed by atoms with E-state index in [0.717, 1.165) is 12.2 Å². The number of carbonyl (C=O) groups is 1. The van der Waals surface area contributed by atoms with E-state index >= 15 is 0 Å². The van der Waals surface area contributed by atoms with E-state index in [1.165, 1.54) is 27.4 Å². The van der Waals surface area contributed by atoms with Crippen LogP contribution in [0.1, 0.15) is 25.5 Å². The molecule has 0 fully saturated rings. The third-order valence-electron chi connectivity index (χ3n) is 5.24. The number of carbonyl (C=O) groups excluding carboxylic acids is 1. The molecule has 1 heterocycles. The maximum atomic E-state index is 12.4. The Labute approximate surface area is 165 Å². The van der Waals surface area contributed by atoms with Crippen LogP contribution in [0.2, 0.25) is 0 Å². The fourth-order valence-corrected chi connectivity index (χ4v) is 3.78. The minimum Gasteiger partial charge on any atom is -0.341 e. The zero-order chi connectivity index (χ0) is 19.5. The largest absolute Gasteiger partial charge is 0.341 e. The molecule has 0 aliphatic heterocycles. The molecule has 0 spiro atoms. The number of aromatic nitrogens is 1. The van der Waals surface area contributed by atoms with E-state index in [1.54, 1.807) is 0 Å². The first-order chi connectivity index (χ1) is 13.7. The van der Waals surface area contributed by atoms with E-state index in [1.807, 2.05) is 24.3 Å². The van der Waals surface area contributed by atoms with Gasteiger partial charge in [0, 0.05) is 40.1 Å². The van der Waals surface area contributed by atoms with Gasteiger partial charge in [-0.2, -0.15) is 0 Å². The molecular formula is C24H25N3O. The van der Waals surface area contributed by atoms with Crippen molar-refractivity contribution >= 4 is 33.4 Å². The number of aryl methyl sites for hydroxylation is 1. The minimum absolute atomic E-state index is 0.0404. The Kier molecular flexibility index (Phi) is 5.13. The summed E-state index contributed by atoms with van der Waals surface area (Å²) < 4.78 is 2.30. The molecule has 4 heteroatoms. The molecule has 0 saturated heterocycles. The Bertz CT molecular complexity index is 1110. The van der Waals surface area contributed by atoms with Gasteiger partial charge in [-0.1, -0.05) is 48.5 Å². The summed E-state index contributed by atoms with van der Waals surface area (Å²) in [5, 5.41) is 8.69. The Morgan fingerprint density at radius 1 is 0.929 bits per heavy atom. The zero-order valence-electron chi connectivity index (χ0n) is 16.3. The average molecular weight is 371 g/mol. The van der Waals surface area contributed by atoms with Crippen molar-refractivity contribution in [2.24, 2.45) is 0 Å². The van der Waals surface area contributed by atoms with Crippen LogP contribution in [-0.4, -0.2) is 17.0 Å². The van der Waals surface area contributed by atoms with Crippen LogP contribution in [0.15, 0.2) is 72.8 Å². The van der Waals surface area contributed by atoms with Gasteiger partial charge in [-0.15, -0.1) is 0 Å². The first-order valence-electron chi connectivity index (χ1n) is 9.76. The molecule has 1 amide bonds. The van der Waals surface area contributed by atoms with Gasteiger partial charge in [0.15, 0.2) is 0 Å². The van der Waals surface area contributed by atoms with E-state index in [9.17, 15) is 4.79 Å². The number of anilines is 1. The predicted molar refractivity (Wildman–Crippen MR) is 117 cm³/mol. The van der Waals surface area contributed by atoms with E-state index < -0.39 is 0 Å². The molecule has 2 N–H and O–H groups in total. The molecule has 3 aromatic carbocycles. The molecule has 0 radical (unpaired) electrons. The summed E-state index contributed by atoms with van der Waals surface area (Å²) in [5.74, 6) is -0.0404. The molecular weight excluding hydrogens is 346 g/mol. The molecule has 0 aliphatic carbocycles. The van der Waals surface area contributed by atoms with Gasteiger partial charge >= 0.3 is 0 Å². The van der Waals surface area contributed by atoms with Crippen LogP contribution in [0.25, 0.3) is 21.8 Å². The number of nitrogens with one attached hydrogen (secondary N) is 2. The second-order valence-corrected chi connectivity index (χ2v) is 7.05. The topological polar surface area (TPSA) is 46.1 Å². The van der Waals surface area contributed by atoms with Crippen molar-refractivity contribution in [2.75, 3.05) is 11.9 Å². The monoisotopic (exact) mass is 371 g/mol. The summed E-state index contributed by atoms with van der Waals surface area (Å²) in [4.78, 5) is 12.4. The first-order valence-corrected chi connectivity index (χ1v) is 9.76. The van der Waals surface area contributed by atoms with E-state index in [4.69, 9.17) is 0 Å². The standard InChI is InChI=1S/C24H25N3O/c1-3-27-22-12-8-7-11-20(22)21-15-19(13-14-23(21)27)26-24(28)16-25-17(2)18-9-5-4-6-10-18/h4-15,17,25H,3,16H2,1-2H3,(H,26,28)/t17-/m1/s1. The van der Waals surface area contributed by atoms with Crippen LogP contribution in [0.3, 0.4) is 0 Å². The molecule has 0 aliphatic rings. The van der Waals surface area contributed by atoms with Gasteiger partial charge in [0.1, 0.15) is 0 Å². The second-order valence-electron chi connectivity index (χ2n) is 7.05. The van der Waals surface area contributed by atoms with Crippen molar-refractivity contribution < 1.29 is 4.79 Å². The van der Waals surface area contributed by atoms with Crippen molar-refractivity contribution in [3.63, 3.8) is 0 Å². The molecule has 4 nitrogen and oxygen atoms in total. The second kappa shape index (κ2) is 7.87. The minimum atomic E-state index is -0.0404. The van der Waals surface area contributed by atoms with Crippen LogP contribution >= 0.6 is 0 Å². The fraction of sp³-hybridized carbons (Fsp3) is 0.208. The Morgan fingerprint density at radius 3 is 2.43 bits per heavy atom. The third kappa shape index (κ3) is 3.51. The van der Waals surface area contributed by atoms with E-state index in [-0.39, 0.29) is 18.5 Å². The van der Waals surface area contributed by atoms with Crippen LogP contribution in [0.4, 0.5) is 5.69 Å². The van der Waals surface area contributed by atoms with Crippen LogP contribution in [0.5, 0.6) is 0 Å². The van der Waals surface area contributed by atoms with Crippen molar-refractivity contribution in [1.82, 2.24) is 9.88 Å². The molecule has 1 aromatic heterocycles. The fourth-order valence-electron chi connectivity index (χ4n) is 3.78. The molecule has 28 heavy (non-hydrogen) atoms. The van der Waals surface area contributed by atoms with Gasteiger partial charge in [0.25, 0.3) is 0 Å². The van der Waals surface area contributed by atoms with E-state index in [0.29, 0.717) is 0 Å². The van der Waals surface area contributed by atoms with Crippen molar-refractivity contribution in [3.05, 3.63) is 78.4 Å². The molecule has 0 saturated carbocycles. The Balaban J connectivity index is 1.50. The summed E-state index contributed by atoms with van der Waals surface area (Å²) >= 11 is 0. The summed E-state index contributed by atoms with van der Waals surface area (Å²) in [6, 6.07) is 24.8. The number of benzene rings is 3. The number of hydrogen-bond acceptors (Lipinski definition) is 2. The Morgan fingerprint density at radius 2 is 1.64 bits per heavy atom. The van der Waals surface area contributed by atoms with Crippen molar-refractivity contribution in [3.8, 4) is 0 Å². The lowest BCUT2D eigenvalue weighted by atomic mass is 10.1. The number of fused-ring (bicyclic) bond motifs is 3. The normalized spacial score (nSPS) is 12.4. The smallest absolute Gasteiger partial charge is 0.238 e. The number of nitrogens with zero attached hydrogens (tertiary/aromatic N) is 1. The predicted octanol–water partition coefficient (Wildman–Crippen LogP) is 5.10. The van der Waals surface area contributed by atoms with Crippen LogP contribution in [-0.2, 0) is 11.3 Å². The number of para-hydroxylation sites is 1. The average Bonchev–Trinajstić information content (AvgIpc) is 3.05. The highest BCUT2D eigenvalue weighted by Gasteiger charge is 2.11. The molecule has 4 rings (SSSR count). The summed E-state index contributed by atoms with van der Waals surface area (Å²) in [6.07, 6.45) is 0. The number of hydrogen-bond donors (Lipinski definition) is 2. The molecule has 4 aromatic rings. The van der Waals surface area contributed by atoms with Gasteiger partial charge in [-0.05, 0) is 43.7 Å². The van der Waals surface area contributed by atoms with Crippen molar-refractivity contribution in [2.45, 2.75) is 26.4 Å². The number of rotatable bonds is 6. The Hall–Kier alpha value is -3.11. The van der Waals surface area contributed by atoms with Gasteiger partial charge in [0.2, 0.25) is 5.91 Å². The van der Waals surface area contributed by atoms with Gasteiger partial charge in [0.05, 0.1) is 6.54 Å². The molecule has 142 valence electrons. The zero-order valence-corrected chi connectivity index (χ0v) is 16.3. The SMILES string of the molecule is CCn1c2ccccc2c2cc(NC(=O)CN[C@H](C)c3ccccc3)ccc21. The molecule has 0 unspecified atom stereocenters. The maximum Gasteiger partial charge on any atom is 0.238 e. The van der Waals surface area contributed by atoms with Gasteiger partial charge in [-0.25, -0.2) is 0 Å². The molecule has 0 bridgehead atoms. The highest BCUT2D eigenvalue weighted by atomic mass is 16.1. The number of amides is 1. The van der Waals surface area contributed by atoms with Crippen molar-refractivity contribution in [1.29, 1.82) is 0 Å². The maximum absolute atomic E-state index is 12.4.